The van der Waals surface area contributed by atoms with Crippen molar-refractivity contribution < 1.29 is 9.53 Å². The highest BCUT2D eigenvalue weighted by atomic mass is 16.5. The van der Waals surface area contributed by atoms with Crippen LogP contribution in [0.4, 0.5) is 0 Å². The van der Waals surface area contributed by atoms with Gasteiger partial charge in [-0.1, -0.05) is 32.9 Å². The molecule has 2 rings (SSSR count). The van der Waals surface area contributed by atoms with Crippen LogP contribution in [0.25, 0.3) is 0 Å². The summed E-state index contributed by atoms with van der Waals surface area (Å²) in [7, 11) is 0. The lowest BCUT2D eigenvalue weighted by atomic mass is 9.87. The van der Waals surface area contributed by atoms with Gasteiger partial charge < -0.3 is 4.74 Å². The van der Waals surface area contributed by atoms with Crippen LogP contribution in [0.15, 0.2) is 43.0 Å². The van der Waals surface area contributed by atoms with Crippen molar-refractivity contribution in [2.24, 2.45) is 0 Å². The molecule has 0 saturated heterocycles. The van der Waals surface area contributed by atoms with Crippen LogP contribution in [0.3, 0.4) is 0 Å². The van der Waals surface area contributed by atoms with Gasteiger partial charge in [-0.05, 0) is 23.1 Å². The molecular formula is C16H20N2O2. The summed E-state index contributed by atoms with van der Waals surface area (Å²) in [5, 5.41) is 0. The largest absolute Gasteiger partial charge is 0.493 e. The van der Waals surface area contributed by atoms with Crippen LogP contribution in [0.1, 0.15) is 37.6 Å². The summed E-state index contributed by atoms with van der Waals surface area (Å²) in [5.74, 6) is 0.769. The number of imidazole rings is 1. The van der Waals surface area contributed by atoms with E-state index in [1.807, 2.05) is 12.1 Å². The molecule has 0 saturated carbocycles. The first kappa shape index (κ1) is 14.3. The van der Waals surface area contributed by atoms with Gasteiger partial charge in [-0.2, -0.15) is 0 Å². The van der Waals surface area contributed by atoms with E-state index in [9.17, 15) is 4.79 Å². The normalized spacial score (nSPS) is 11.3. The number of benzene rings is 1. The lowest BCUT2D eigenvalue weighted by Crippen LogP contribution is -2.13. The fourth-order valence-corrected chi connectivity index (χ4v) is 1.84. The highest BCUT2D eigenvalue weighted by molar-refractivity contribution is 5.78. The van der Waals surface area contributed by atoms with Crippen molar-refractivity contribution in [3.05, 3.63) is 48.5 Å². The van der Waals surface area contributed by atoms with E-state index in [1.165, 1.54) is 16.5 Å². The Labute approximate surface area is 119 Å². The van der Waals surface area contributed by atoms with Gasteiger partial charge in [-0.25, -0.2) is 4.98 Å². The standard InChI is InChI=1S/C16H20N2O2/c1-16(2,3)13-4-6-14(7-5-13)20-11-8-15(19)18-10-9-17-12-18/h4-7,9-10,12H,8,11H2,1-3H3. The molecule has 0 spiro atoms. The molecule has 1 heterocycles. The van der Waals surface area contributed by atoms with Crippen LogP contribution >= 0.6 is 0 Å². The van der Waals surface area contributed by atoms with Gasteiger partial charge in [-0.3, -0.25) is 9.36 Å². The SMILES string of the molecule is CC(C)(C)c1ccc(OCCC(=O)n2ccnc2)cc1. The quantitative estimate of drug-likeness (QED) is 0.857. The van der Waals surface area contributed by atoms with Gasteiger partial charge >= 0.3 is 0 Å². The Bertz CT molecular complexity index is 551. The van der Waals surface area contributed by atoms with Crippen molar-refractivity contribution in [2.45, 2.75) is 32.6 Å². The minimum Gasteiger partial charge on any atom is -0.493 e. The molecule has 0 unspecified atom stereocenters. The number of carbonyl (C=O) groups excluding carboxylic acids is 1. The van der Waals surface area contributed by atoms with E-state index in [-0.39, 0.29) is 11.3 Å². The molecule has 0 aliphatic heterocycles. The first-order valence-corrected chi connectivity index (χ1v) is 6.71. The Hall–Kier alpha value is -2.10. The van der Waals surface area contributed by atoms with Crippen LogP contribution in [0.5, 0.6) is 5.75 Å². The van der Waals surface area contributed by atoms with Crippen LogP contribution in [0, 0.1) is 0 Å². The fraction of sp³-hybridized carbons (Fsp3) is 0.375. The molecule has 1 aromatic heterocycles. The first-order chi connectivity index (χ1) is 9.47. The van der Waals surface area contributed by atoms with Gasteiger partial charge in [0.05, 0.1) is 13.0 Å². The summed E-state index contributed by atoms with van der Waals surface area (Å²) in [6, 6.07) is 8.02. The topological polar surface area (TPSA) is 44.1 Å². The molecule has 106 valence electrons. The Kier molecular flexibility index (Phi) is 4.23. The summed E-state index contributed by atoms with van der Waals surface area (Å²) in [6.45, 7) is 6.89. The average molecular weight is 272 g/mol. The number of rotatable bonds is 4. The van der Waals surface area contributed by atoms with Crippen molar-refractivity contribution in [3.63, 3.8) is 0 Å². The maximum Gasteiger partial charge on any atom is 0.235 e. The van der Waals surface area contributed by atoms with E-state index in [2.05, 4.69) is 37.9 Å². The molecule has 0 fully saturated rings. The van der Waals surface area contributed by atoms with Gasteiger partial charge in [0.25, 0.3) is 0 Å². The van der Waals surface area contributed by atoms with Crippen LogP contribution < -0.4 is 4.74 Å². The second-order valence-corrected chi connectivity index (χ2v) is 5.74. The lowest BCUT2D eigenvalue weighted by Gasteiger charge is -2.19. The zero-order chi connectivity index (χ0) is 14.6. The highest BCUT2D eigenvalue weighted by Crippen LogP contribution is 2.24. The van der Waals surface area contributed by atoms with Crippen molar-refractivity contribution in [1.82, 2.24) is 9.55 Å². The molecule has 0 atom stereocenters. The average Bonchev–Trinajstić information content (AvgIpc) is 2.92. The Balaban J connectivity index is 1.84. The molecule has 1 aromatic carbocycles. The van der Waals surface area contributed by atoms with Gasteiger partial charge in [0.1, 0.15) is 12.1 Å². The predicted octanol–water partition coefficient (Wildman–Crippen LogP) is 3.29. The molecular weight excluding hydrogens is 252 g/mol. The van der Waals surface area contributed by atoms with Crippen molar-refractivity contribution >= 4 is 5.91 Å². The maximum atomic E-state index is 11.7. The number of carbonyl (C=O) groups is 1. The maximum absolute atomic E-state index is 11.7. The smallest absolute Gasteiger partial charge is 0.235 e. The van der Waals surface area contributed by atoms with E-state index >= 15 is 0 Å². The van der Waals surface area contributed by atoms with Crippen LogP contribution in [-0.2, 0) is 5.41 Å². The predicted molar refractivity (Wildman–Crippen MR) is 78.1 cm³/mol. The summed E-state index contributed by atoms with van der Waals surface area (Å²) in [5.41, 5.74) is 1.40. The number of hydrogen-bond acceptors (Lipinski definition) is 3. The molecule has 0 radical (unpaired) electrons. The summed E-state index contributed by atoms with van der Waals surface area (Å²) < 4.78 is 7.05. The molecule has 20 heavy (non-hydrogen) atoms. The van der Waals surface area contributed by atoms with Gasteiger partial charge in [0.15, 0.2) is 0 Å². The second kappa shape index (κ2) is 5.90. The van der Waals surface area contributed by atoms with E-state index in [0.29, 0.717) is 13.0 Å². The van der Waals surface area contributed by atoms with Crippen LogP contribution in [0.2, 0.25) is 0 Å². The summed E-state index contributed by atoms with van der Waals surface area (Å²) in [4.78, 5) is 15.6. The highest BCUT2D eigenvalue weighted by Gasteiger charge is 2.13. The summed E-state index contributed by atoms with van der Waals surface area (Å²) in [6.07, 6.45) is 5.06. The lowest BCUT2D eigenvalue weighted by molar-refractivity contribution is 0.0881. The molecule has 0 aliphatic rings. The molecule has 4 heteroatoms. The molecule has 0 N–H and O–H groups in total. The first-order valence-electron chi connectivity index (χ1n) is 6.71. The van der Waals surface area contributed by atoms with Gasteiger partial charge in [-0.15, -0.1) is 0 Å². The number of nitrogens with zero attached hydrogens (tertiary/aromatic N) is 2. The monoisotopic (exact) mass is 272 g/mol. The third kappa shape index (κ3) is 3.70. The van der Waals surface area contributed by atoms with E-state index in [0.717, 1.165) is 5.75 Å². The Morgan fingerprint density at radius 3 is 2.50 bits per heavy atom. The Morgan fingerprint density at radius 1 is 1.25 bits per heavy atom. The molecule has 4 nitrogen and oxygen atoms in total. The minimum atomic E-state index is -0.0196. The van der Waals surface area contributed by atoms with Crippen molar-refractivity contribution in [1.29, 1.82) is 0 Å². The van der Waals surface area contributed by atoms with Crippen molar-refractivity contribution in [3.8, 4) is 5.75 Å². The summed E-state index contributed by atoms with van der Waals surface area (Å²) >= 11 is 0. The molecule has 2 aromatic rings. The zero-order valence-corrected chi connectivity index (χ0v) is 12.2. The minimum absolute atomic E-state index is 0.0196. The number of aromatic nitrogens is 2. The molecule has 0 bridgehead atoms. The van der Waals surface area contributed by atoms with Crippen molar-refractivity contribution in [2.75, 3.05) is 6.61 Å². The van der Waals surface area contributed by atoms with E-state index < -0.39 is 0 Å². The third-order valence-corrected chi connectivity index (χ3v) is 3.10. The van der Waals surface area contributed by atoms with Gasteiger partial charge in [0.2, 0.25) is 5.91 Å². The third-order valence-electron chi connectivity index (χ3n) is 3.10. The van der Waals surface area contributed by atoms with E-state index in [1.54, 1.807) is 12.4 Å². The van der Waals surface area contributed by atoms with Crippen LogP contribution in [-0.4, -0.2) is 22.1 Å². The second-order valence-electron chi connectivity index (χ2n) is 5.74. The Morgan fingerprint density at radius 2 is 1.95 bits per heavy atom. The molecule has 0 aliphatic carbocycles. The van der Waals surface area contributed by atoms with Gasteiger partial charge in [0, 0.05) is 12.4 Å². The zero-order valence-electron chi connectivity index (χ0n) is 12.2. The number of hydrogen-bond donors (Lipinski definition) is 0. The number of ether oxygens (including phenoxy) is 1. The molecule has 0 amide bonds. The van der Waals surface area contributed by atoms with E-state index in [4.69, 9.17) is 4.74 Å². The fourth-order valence-electron chi connectivity index (χ4n) is 1.84.